The number of aryl methyl sites for hydroxylation is 2. The highest BCUT2D eigenvalue weighted by Crippen LogP contribution is 2.35. The maximum absolute atomic E-state index is 13.7. The molecule has 8 nitrogen and oxygen atoms in total. The topological polar surface area (TPSA) is 105 Å². The largest absolute Gasteiger partial charge is 0.361 e. The molecule has 1 aliphatic heterocycles. The van der Waals surface area contributed by atoms with Crippen LogP contribution in [0.2, 0.25) is 0 Å². The molecule has 0 radical (unpaired) electrons. The molecular formula is C30H43N5O3. The normalized spacial score (nSPS) is 25.9. The zero-order valence-electron chi connectivity index (χ0n) is 22.9. The first-order chi connectivity index (χ1) is 18.4. The Morgan fingerprint density at radius 1 is 1.05 bits per heavy atom. The third-order valence-corrected chi connectivity index (χ3v) is 8.75. The third kappa shape index (κ3) is 6.46. The summed E-state index contributed by atoms with van der Waals surface area (Å²) in [5.74, 6) is 1.32. The average Bonchev–Trinajstić information content (AvgIpc) is 3.69. The van der Waals surface area contributed by atoms with Gasteiger partial charge in [0.2, 0.25) is 5.91 Å². The van der Waals surface area contributed by atoms with Crippen molar-refractivity contribution in [1.29, 1.82) is 0 Å². The number of hydrogen-bond donors (Lipinski definition) is 2. The number of hydrogen-bond acceptors (Lipinski definition) is 6. The number of carbonyl (C=O) groups excluding carboxylic acids is 2. The van der Waals surface area contributed by atoms with Crippen molar-refractivity contribution in [3.8, 4) is 0 Å². The van der Waals surface area contributed by atoms with E-state index in [2.05, 4.69) is 46.6 Å². The molecule has 1 saturated heterocycles. The number of nitrogens with two attached hydrogens (primary N) is 1. The summed E-state index contributed by atoms with van der Waals surface area (Å²) in [5.41, 5.74) is 8.76. The summed E-state index contributed by atoms with van der Waals surface area (Å²) in [6.45, 7) is 6.66. The molecule has 3 fully saturated rings. The number of benzene rings is 1. The zero-order chi connectivity index (χ0) is 26.6. The molecule has 206 valence electrons. The van der Waals surface area contributed by atoms with E-state index in [1.54, 1.807) is 17.9 Å². The fourth-order valence-corrected chi connectivity index (χ4v) is 6.39. The van der Waals surface area contributed by atoms with Gasteiger partial charge in [0.05, 0.1) is 0 Å². The minimum atomic E-state index is -0.522. The van der Waals surface area contributed by atoms with Gasteiger partial charge < -0.3 is 20.5 Å². The van der Waals surface area contributed by atoms with Crippen LogP contribution in [-0.2, 0) is 11.3 Å². The van der Waals surface area contributed by atoms with E-state index in [0.717, 1.165) is 25.8 Å². The summed E-state index contributed by atoms with van der Waals surface area (Å²) in [5, 5.41) is 7.19. The predicted molar refractivity (Wildman–Crippen MR) is 146 cm³/mol. The number of aromatic nitrogens is 1. The molecule has 0 bridgehead atoms. The van der Waals surface area contributed by atoms with E-state index in [-0.39, 0.29) is 23.6 Å². The molecule has 2 saturated carbocycles. The van der Waals surface area contributed by atoms with Gasteiger partial charge in [0.1, 0.15) is 11.8 Å². The minimum Gasteiger partial charge on any atom is -0.361 e. The molecular weight excluding hydrogens is 478 g/mol. The van der Waals surface area contributed by atoms with Crippen LogP contribution < -0.4 is 11.1 Å². The van der Waals surface area contributed by atoms with E-state index in [1.807, 2.05) is 0 Å². The van der Waals surface area contributed by atoms with Gasteiger partial charge in [0.15, 0.2) is 5.69 Å². The van der Waals surface area contributed by atoms with Gasteiger partial charge in [-0.25, -0.2) is 0 Å². The van der Waals surface area contributed by atoms with Crippen molar-refractivity contribution in [3.05, 3.63) is 52.9 Å². The second-order valence-corrected chi connectivity index (χ2v) is 11.8. The van der Waals surface area contributed by atoms with Gasteiger partial charge in [-0.05, 0) is 82.7 Å². The van der Waals surface area contributed by atoms with E-state index in [9.17, 15) is 9.59 Å². The van der Waals surface area contributed by atoms with Crippen molar-refractivity contribution < 1.29 is 14.1 Å². The number of amides is 2. The molecule has 8 heteroatoms. The molecule has 2 aromatic rings. The molecule has 1 aromatic carbocycles. The summed E-state index contributed by atoms with van der Waals surface area (Å²) in [4.78, 5) is 31.5. The van der Waals surface area contributed by atoms with Crippen LogP contribution >= 0.6 is 0 Å². The lowest BCUT2D eigenvalue weighted by molar-refractivity contribution is -0.128. The summed E-state index contributed by atoms with van der Waals surface area (Å²) >= 11 is 0. The smallest absolute Gasteiger partial charge is 0.276 e. The predicted octanol–water partition coefficient (Wildman–Crippen LogP) is 3.81. The SMILES string of the molecule is Cc1ccc(CN(C2CC2)C2CCN(C(=O)c3cc(C)on3)[C@@H](C(=O)NCC3CCCC(CN)C3)C2)cc1. The first-order valence-electron chi connectivity index (χ1n) is 14.4. The highest BCUT2D eigenvalue weighted by atomic mass is 16.5. The molecule has 38 heavy (non-hydrogen) atoms. The summed E-state index contributed by atoms with van der Waals surface area (Å²) in [7, 11) is 0. The molecule has 2 amide bonds. The molecule has 1 aromatic heterocycles. The van der Waals surface area contributed by atoms with Crippen molar-refractivity contribution in [3.63, 3.8) is 0 Å². The Morgan fingerprint density at radius 3 is 2.50 bits per heavy atom. The molecule has 3 aliphatic rings. The van der Waals surface area contributed by atoms with Crippen molar-refractivity contribution >= 4 is 11.8 Å². The van der Waals surface area contributed by atoms with Crippen LogP contribution in [0.4, 0.5) is 0 Å². The number of nitrogens with one attached hydrogen (secondary N) is 1. The van der Waals surface area contributed by atoms with Crippen molar-refractivity contribution in [2.45, 2.75) is 89.9 Å². The summed E-state index contributed by atoms with van der Waals surface area (Å²) < 4.78 is 5.18. The summed E-state index contributed by atoms with van der Waals surface area (Å²) in [6, 6.07) is 10.7. The quantitative estimate of drug-likeness (QED) is 0.520. The van der Waals surface area contributed by atoms with Crippen molar-refractivity contribution in [1.82, 2.24) is 20.3 Å². The fourth-order valence-electron chi connectivity index (χ4n) is 6.39. The highest BCUT2D eigenvalue weighted by Gasteiger charge is 2.42. The molecule has 3 N–H and O–H groups in total. The van der Waals surface area contributed by atoms with Crippen LogP contribution in [0, 0.1) is 25.7 Å². The number of piperidine rings is 1. The number of nitrogens with zero attached hydrogens (tertiary/aromatic N) is 3. The Kier molecular flexibility index (Phi) is 8.48. The van der Waals surface area contributed by atoms with Gasteiger partial charge in [0.25, 0.3) is 5.91 Å². The van der Waals surface area contributed by atoms with Gasteiger partial charge in [-0.3, -0.25) is 14.5 Å². The van der Waals surface area contributed by atoms with Crippen molar-refractivity contribution in [2.75, 3.05) is 19.6 Å². The maximum Gasteiger partial charge on any atom is 0.276 e. The Bertz CT molecular complexity index is 1100. The highest BCUT2D eigenvalue weighted by molar-refractivity contribution is 5.96. The van der Waals surface area contributed by atoms with E-state index >= 15 is 0 Å². The molecule has 5 rings (SSSR count). The lowest BCUT2D eigenvalue weighted by atomic mass is 9.81. The molecule has 0 spiro atoms. The van der Waals surface area contributed by atoms with Gasteiger partial charge in [0, 0.05) is 37.8 Å². The van der Waals surface area contributed by atoms with Crippen LogP contribution in [0.1, 0.15) is 78.7 Å². The van der Waals surface area contributed by atoms with E-state index < -0.39 is 6.04 Å². The van der Waals surface area contributed by atoms with Crippen LogP contribution in [0.25, 0.3) is 0 Å². The van der Waals surface area contributed by atoms with E-state index in [4.69, 9.17) is 10.3 Å². The van der Waals surface area contributed by atoms with Gasteiger partial charge in [-0.15, -0.1) is 0 Å². The van der Waals surface area contributed by atoms with E-state index in [1.165, 1.54) is 36.8 Å². The number of carbonyl (C=O) groups is 2. The number of rotatable bonds is 9. The number of likely N-dealkylation sites (tertiary alicyclic amines) is 1. The van der Waals surface area contributed by atoms with Crippen molar-refractivity contribution in [2.24, 2.45) is 17.6 Å². The van der Waals surface area contributed by atoms with Crippen LogP contribution in [0.15, 0.2) is 34.9 Å². The Balaban J connectivity index is 1.31. The second-order valence-electron chi connectivity index (χ2n) is 11.8. The van der Waals surface area contributed by atoms with Gasteiger partial charge >= 0.3 is 0 Å². The molecule has 2 aliphatic carbocycles. The van der Waals surface area contributed by atoms with Gasteiger partial charge in [-0.2, -0.15) is 0 Å². The first kappa shape index (κ1) is 26.9. The lowest BCUT2D eigenvalue weighted by Gasteiger charge is -2.43. The molecule has 3 unspecified atom stereocenters. The van der Waals surface area contributed by atoms with Crippen LogP contribution in [0.5, 0.6) is 0 Å². The molecule has 2 heterocycles. The lowest BCUT2D eigenvalue weighted by Crippen LogP contribution is -2.58. The monoisotopic (exact) mass is 521 g/mol. The Morgan fingerprint density at radius 2 is 1.82 bits per heavy atom. The average molecular weight is 522 g/mol. The maximum atomic E-state index is 13.7. The van der Waals surface area contributed by atoms with E-state index in [0.29, 0.717) is 49.7 Å². The van der Waals surface area contributed by atoms with Gasteiger partial charge in [-0.1, -0.05) is 41.4 Å². The van der Waals surface area contributed by atoms with Crippen LogP contribution in [0.3, 0.4) is 0 Å². The zero-order valence-corrected chi connectivity index (χ0v) is 22.9. The Hall–Kier alpha value is -2.71. The minimum absolute atomic E-state index is 0.0516. The molecule has 4 atom stereocenters. The summed E-state index contributed by atoms with van der Waals surface area (Å²) in [6.07, 6.45) is 8.41. The van der Waals surface area contributed by atoms with Crippen LogP contribution in [-0.4, -0.2) is 64.5 Å². The third-order valence-electron chi connectivity index (χ3n) is 8.75. The first-order valence-corrected chi connectivity index (χ1v) is 14.4. The fraction of sp³-hybridized carbons (Fsp3) is 0.633. The standard InChI is InChI=1S/C30H43N5O3/c1-20-6-8-22(9-7-20)19-35(25-10-11-25)26-12-13-34(30(37)27-14-21(2)38-33-27)28(16-26)29(36)32-18-24-5-3-4-23(15-24)17-31/h6-9,14,23-26,28H,3-5,10-13,15-19,31H2,1-2H3,(H,32,36)/t23?,24?,26?,28-/m1/s1. The Labute approximate surface area is 226 Å². The second kappa shape index (κ2) is 12.0.